The van der Waals surface area contributed by atoms with Crippen molar-refractivity contribution in [2.45, 2.75) is 6.42 Å². The molecule has 1 saturated heterocycles. The summed E-state index contributed by atoms with van der Waals surface area (Å²) in [5, 5.41) is 0. The summed E-state index contributed by atoms with van der Waals surface area (Å²) >= 11 is 0. The lowest BCUT2D eigenvalue weighted by Crippen LogP contribution is -2.27. The van der Waals surface area contributed by atoms with Crippen molar-refractivity contribution in [3.05, 3.63) is 18.3 Å². The lowest BCUT2D eigenvalue weighted by Gasteiger charge is -2.17. The van der Waals surface area contributed by atoms with Crippen LogP contribution in [0.3, 0.4) is 0 Å². The largest absolute Gasteiger partial charge is 0.493 e. The van der Waals surface area contributed by atoms with E-state index in [1.165, 1.54) is 19.1 Å². The fourth-order valence-electron chi connectivity index (χ4n) is 1.98. The Balaban J connectivity index is 2.24. The third kappa shape index (κ3) is 2.13. The molecule has 0 saturated carbocycles. The maximum absolute atomic E-state index is 11.9. The van der Waals surface area contributed by atoms with E-state index in [1.807, 2.05) is 0 Å². The number of rotatable bonds is 3. The lowest BCUT2D eigenvalue weighted by molar-refractivity contribution is -0.145. The summed E-state index contributed by atoms with van der Waals surface area (Å²) < 4.78 is 9.81. The second kappa shape index (κ2) is 5.03. The summed E-state index contributed by atoms with van der Waals surface area (Å²) in [6, 6.07) is 3.45. The molecule has 1 atom stereocenters. The van der Waals surface area contributed by atoms with Gasteiger partial charge in [-0.05, 0) is 12.1 Å². The summed E-state index contributed by atoms with van der Waals surface area (Å²) in [4.78, 5) is 28.9. The number of pyridine rings is 1. The van der Waals surface area contributed by atoms with Crippen LogP contribution in [0.4, 0.5) is 5.82 Å². The van der Waals surface area contributed by atoms with Crippen molar-refractivity contribution in [2.24, 2.45) is 5.92 Å². The highest BCUT2D eigenvalue weighted by Crippen LogP contribution is 2.30. The molecule has 1 aromatic rings. The molecule has 0 radical (unpaired) electrons. The number of methoxy groups -OCH3 is 2. The Hall–Kier alpha value is -2.11. The van der Waals surface area contributed by atoms with Gasteiger partial charge >= 0.3 is 5.97 Å². The minimum atomic E-state index is -0.436. The zero-order chi connectivity index (χ0) is 13.1. The van der Waals surface area contributed by atoms with Crippen molar-refractivity contribution in [1.29, 1.82) is 0 Å². The van der Waals surface area contributed by atoms with Gasteiger partial charge in [-0.3, -0.25) is 14.5 Å². The summed E-state index contributed by atoms with van der Waals surface area (Å²) in [5.41, 5.74) is 0. The number of hydrogen-bond acceptors (Lipinski definition) is 5. The van der Waals surface area contributed by atoms with Crippen molar-refractivity contribution in [1.82, 2.24) is 4.98 Å². The van der Waals surface area contributed by atoms with Crippen molar-refractivity contribution < 1.29 is 19.1 Å². The second-order valence-corrected chi connectivity index (χ2v) is 3.96. The smallest absolute Gasteiger partial charge is 0.311 e. The molecule has 6 heteroatoms. The minimum Gasteiger partial charge on any atom is -0.493 e. The molecule has 0 bridgehead atoms. The third-order valence-electron chi connectivity index (χ3n) is 2.89. The monoisotopic (exact) mass is 250 g/mol. The molecule has 0 aromatic carbocycles. The number of carbonyl (C=O) groups excluding carboxylic acids is 2. The molecule has 2 rings (SSSR count). The molecule has 1 aliphatic heterocycles. The number of amides is 1. The molecule has 0 N–H and O–H groups in total. The van der Waals surface area contributed by atoms with Gasteiger partial charge in [-0.1, -0.05) is 0 Å². The first-order valence-electron chi connectivity index (χ1n) is 5.54. The molecule has 1 aromatic heterocycles. The summed E-state index contributed by atoms with van der Waals surface area (Å²) in [5.74, 6) is -0.00914. The van der Waals surface area contributed by atoms with E-state index in [2.05, 4.69) is 9.72 Å². The van der Waals surface area contributed by atoms with E-state index in [0.717, 1.165) is 0 Å². The lowest BCUT2D eigenvalue weighted by atomic mass is 10.1. The topological polar surface area (TPSA) is 68.7 Å². The van der Waals surface area contributed by atoms with Gasteiger partial charge in [0.25, 0.3) is 0 Å². The summed E-state index contributed by atoms with van der Waals surface area (Å²) in [6.45, 7) is 0.277. The first kappa shape index (κ1) is 12.3. The quantitative estimate of drug-likeness (QED) is 0.735. The van der Waals surface area contributed by atoms with Crippen LogP contribution < -0.4 is 9.64 Å². The van der Waals surface area contributed by atoms with Crippen molar-refractivity contribution >= 4 is 17.7 Å². The SMILES string of the molecule is COC(=O)C1CC(=O)N(c2ncccc2OC)C1. The first-order chi connectivity index (χ1) is 8.67. The zero-order valence-corrected chi connectivity index (χ0v) is 10.3. The standard InChI is InChI=1S/C12H14N2O4/c1-17-9-4-3-5-13-11(9)14-7-8(6-10(14)15)12(16)18-2/h3-5,8H,6-7H2,1-2H3. The van der Waals surface area contributed by atoms with Crippen LogP contribution in [0, 0.1) is 5.92 Å². The van der Waals surface area contributed by atoms with E-state index in [9.17, 15) is 9.59 Å². The highest BCUT2D eigenvalue weighted by Gasteiger charge is 2.37. The van der Waals surface area contributed by atoms with E-state index in [4.69, 9.17) is 4.74 Å². The second-order valence-electron chi connectivity index (χ2n) is 3.96. The van der Waals surface area contributed by atoms with Crippen LogP contribution in [0.2, 0.25) is 0 Å². The highest BCUT2D eigenvalue weighted by molar-refractivity contribution is 5.99. The van der Waals surface area contributed by atoms with Gasteiger partial charge in [-0.15, -0.1) is 0 Å². The van der Waals surface area contributed by atoms with Gasteiger partial charge in [0.1, 0.15) is 0 Å². The fraction of sp³-hybridized carbons (Fsp3) is 0.417. The molecular weight excluding hydrogens is 236 g/mol. The molecule has 6 nitrogen and oxygen atoms in total. The first-order valence-corrected chi connectivity index (χ1v) is 5.54. The molecular formula is C12H14N2O4. The van der Waals surface area contributed by atoms with Gasteiger partial charge < -0.3 is 9.47 Å². The number of anilines is 1. The predicted molar refractivity (Wildman–Crippen MR) is 63.3 cm³/mol. The molecule has 1 amide bonds. The zero-order valence-electron chi connectivity index (χ0n) is 10.3. The average Bonchev–Trinajstić information content (AvgIpc) is 2.79. The Kier molecular flexibility index (Phi) is 3.45. The molecule has 1 fully saturated rings. The predicted octanol–water partition coefficient (Wildman–Crippen LogP) is 0.616. The molecule has 0 aliphatic carbocycles. The van der Waals surface area contributed by atoms with Crippen LogP contribution in [0.1, 0.15) is 6.42 Å². The third-order valence-corrected chi connectivity index (χ3v) is 2.89. The Labute approximate surface area is 105 Å². The molecule has 1 unspecified atom stereocenters. The Bertz CT molecular complexity index is 475. The Morgan fingerprint density at radius 1 is 1.50 bits per heavy atom. The minimum absolute atomic E-state index is 0.145. The van der Waals surface area contributed by atoms with Crippen molar-refractivity contribution in [3.63, 3.8) is 0 Å². The van der Waals surface area contributed by atoms with Crippen LogP contribution in [0.15, 0.2) is 18.3 Å². The Morgan fingerprint density at radius 3 is 2.94 bits per heavy atom. The van der Waals surface area contributed by atoms with Gasteiger partial charge in [0.15, 0.2) is 11.6 Å². The molecule has 18 heavy (non-hydrogen) atoms. The number of esters is 1. The van der Waals surface area contributed by atoms with E-state index < -0.39 is 5.92 Å². The maximum Gasteiger partial charge on any atom is 0.311 e. The van der Waals surface area contributed by atoms with Crippen LogP contribution >= 0.6 is 0 Å². The highest BCUT2D eigenvalue weighted by atomic mass is 16.5. The number of hydrogen-bond donors (Lipinski definition) is 0. The number of ether oxygens (including phenoxy) is 2. The summed E-state index contributed by atoms with van der Waals surface area (Å²) in [6.07, 6.45) is 1.73. The van der Waals surface area contributed by atoms with Crippen molar-refractivity contribution in [3.8, 4) is 5.75 Å². The van der Waals surface area contributed by atoms with Crippen LogP contribution in [0.5, 0.6) is 5.75 Å². The number of nitrogens with zero attached hydrogens (tertiary/aromatic N) is 2. The number of aromatic nitrogens is 1. The number of carbonyl (C=O) groups is 2. The molecule has 0 spiro atoms. The van der Waals surface area contributed by atoms with Crippen LogP contribution in [0.25, 0.3) is 0 Å². The van der Waals surface area contributed by atoms with Crippen LogP contribution in [-0.2, 0) is 14.3 Å². The Morgan fingerprint density at radius 2 is 2.28 bits per heavy atom. The average molecular weight is 250 g/mol. The van der Waals surface area contributed by atoms with Gasteiger partial charge in [-0.2, -0.15) is 0 Å². The summed E-state index contributed by atoms with van der Waals surface area (Å²) in [7, 11) is 2.83. The van der Waals surface area contributed by atoms with Gasteiger partial charge in [0.2, 0.25) is 5.91 Å². The fourth-order valence-corrected chi connectivity index (χ4v) is 1.98. The van der Waals surface area contributed by atoms with Crippen LogP contribution in [-0.4, -0.2) is 37.6 Å². The van der Waals surface area contributed by atoms with Gasteiger partial charge in [0.05, 0.1) is 20.1 Å². The molecule has 2 heterocycles. The normalized spacial score (nSPS) is 18.9. The molecule has 1 aliphatic rings. The van der Waals surface area contributed by atoms with Gasteiger partial charge in [-0.25, -0.2) is 4.98 Å². The maximum atomic E-state index is 11.9. The molecule has 96 valence electrons. The van der Waals surface area contributed by atoms with E-state index in [0.29, 0.717) is 11.6 Å². The van der Waals surface area contributed by atoms with E-state index in [-0.39, 0.29) is 24.8 Å². The van der Waals surface area contributed by atoms with E-state index >= 15 is 0 Å². The van der Waals surface area contributed by atoms with Gasteiger partial charge in [0, 0.05) is 19.2 Å². The van der Waals surface area contributed by atoms with Crippen molar-refractivity contribution in [2.75, 3.05) is 25.7 Å². The van der Waals surface area contributed by atoms with E-state index in [1.54, 1.807) is 18.3 Å².